The average molecular weight is 421 g/mol. The number of nitrogens with zero attached hydrogens (tertiary/aromatic N) is 2. The Bertz CT molecular complexity index is 1290. The third kappa shape index (κ3) is 3.55. The summed E-state index contributed by atoms with van der Waals surface area (Å²) in [5.41, 5.74) is 2.71. The zero-order chi connectivity index (χ0) is 20.5. The van der Waals surface area contributed by atoms with Gasteiger partial charge in [0.05, 0.1) is 5.39 Å². The van der Waals surface area contributed by atoms with E-state index < -0.39 is 0 Å². The van der Waals surface area contributed by atoms with Crippen LogP contribution in [-0.2, 0) is 6.54 Å². The van der Waals surface area contributed by atoms with Crippen molar-refractivity contribution < 1.29 is 9.47 Å². The maximum absolute atomic E-state index is 12.8. The fourth-order valence-electron chi connectivity index (χ4n) is 3.40. The number of ether oxygens (including phenoxy) is 2. The summed E-state index contributed by atoms with van der Waals surface area (Å²) in [5.74, 6) is 1.80. The molecular formula is C22H17ClN4O3. The van der Waals surface area contributed by atoms with Crippen LogP contribution in [0.4, 0.5) is 5.95 Å². The molecule has 0 amide bonds. The SMILES string of the molecule is O=c1[nH]c(NCc2ccc3c(c2)OCCO3)nc2nccc(-c3ccc(Cl)cc3)c12. The molecule has 2 aromatic heterocycles. The molecule has 0 spiro atoms. The van der Waals surface area contributed by atoms with Crippen LogP contribution in [-0.4, -0.2) is 28.2 Å². The van der Waals surface area contributed by atoms with Gasteiger partial charge in [-0.1, -0.05) is 29.8 Å². The second-order valence-corrected chi connectivity index (χ2v) is 7.25. The molecule has 0 bridgehead atoms. The number of hydrogen-bond donors (Lipinski definition) is 2. The van der Waals surface area contributed by atoms with Crippen molar-refractivity contribution in [1.82, 2.24) is 15.0 Å². The summed E-state index contributed by atoms with van der Waals surface area (Å²) in [5, 5.41) is 4.22. The first-order valence-corrected chi connectivity index (χ1v) is 9.82. The number of hydrogen-bond acceptors (Lipinski definition) is 6. The van der Waals surface area contributed by atoms with Gasteiger partial charge in [0.15, 0.2) is 17.1 Å². The van der Waals surface area contributed by atoms with E-state index in [9.17, 15) is 4.79 Å². The van der Waals surface area contributed by atoms with E-state index in [4.69, 9.17) is 21.1 Å². The van der Waals surface area contributed by atoms with E-state index in [-0.39, 0.29) is 5.56 Å². The molecule has 2 aromatic carbocycles. The summed E-state index contributed by atoms with van der Waals surface area (Å²) in [4.78, 5) is 24.4. The molecule has 0 unspecified atom stereocenters. The second-order valence-electron chi connectivity index (χ2n) is 6.81. The van der Waals surface area contributed by atoms with Gasteiger partial charge in [-0.2, -0.15) is 4.98 Å². The maximum Gasteiger partial charge on any atom is 0.262 e. The Hall–Kier alpha value is -3.58. The van der Waals surface area contributed by atoms with E-state index in [1.165, 1.54) is 0 Å². The number of halogens is 1. The largest absolute Gasteiger partial charge is 0.486 e. The normalized spacial score (nSPS) is 12.7. The highest BCUT2D eigenvalue weighted by atomic mass is 35.5. The van der Waals surface area contributed by atoms with Gasteiger partial charge in [-0.15, -0.1) is 0 Å². The van der Waals surface area contributed by atoms with E-state index >= 15 is 0 Å². The van der Waals surface area contributed by atoms with Gasteiger partial charge in [-0.3, -0.25) is 9.78 Å². The van der Waals surface area contributed by atoms with Crippen molar-refractivity contribution in [3.05, 3.63) is 75.7 Å². The number of aromatic amines is 1. The number of rotatable bonds is 4. The van der Waals surface area contributed by atoms with Crippen molar-refractivity contribution in [3.63, 3.8) is 0 Å². The van der Waals surface area contributed by atoms with E-state index in [0.29, 0.717) is 41.8 Å². The molecule has 0 saturated carbocycles. The first kappa shape index (κ1) is 18.4. The molecule has 0 saturated heterocycles. The Morgan fingerprint density at radius 1 is 1.03 bits per heavy atom. The first-order chi connectivity index (χ1) is 14.7. The van der Waals surface area contributed by atoms with Crippen molar-refractivity contribution >= 4 is 28.6 Å². The van der Waals surface area contributed by atoms with Gasteiger partial charge < -0.3 is 14.8 Å². The summed E-state index contributed by atoms with van der Waals surface area (Å²) >= 11 is 5.98. The molecule has 4 aromatic rings. The highest BCUT2D eigenvalue weighted by Gasteiger charge is 2.13. The smallest absolute Gasteiger partial charge is 0.262 e. The van der Waals surface area contributed by atoms with Crippen LogP contribution in [0.25, 0.3) is 22.2 Å². The van der Waals surface area contributed by atoms with Gasteiger partial charge in [0, 0.05) is 17.8 Å². The van der Waals surface area contributed by atoms with Gasteiger partial charge in [0.1, 0.15) is 13.2 Å². The number of benzene rings is 2. The molecule has 0 aliphatic carbocycles. The topological polar surface area (TPSA) is 89.1 Å². The van der Waals surface area contributed by atoms with Gasteiger partial charge in [-0.05, 0) is 47.0 Å². The highest BCUT2D eigenvalue weighted by molar-refractivity contribution is 6.30. The van der Waals surface area contributed by atoms with Crippen LogP contribution in [0.5, 0.6) is 11.5 Å². The van der Waals surface area contributed by atoms with Crippen molar-refractivity contribution in [1.29, 1.82) is 0 Å². The number of H-pyrrole nitrogens is 1. The predicted molar refractivity (Wildman–Crippen MR) is 115 cm³/mol. The number of nitrogens with one attached hydrogen (secondary N) is 2. The zero-order valence-electron chi connectivity index (χ0n) is 15.8. The van der Waals surface area contributed by atoms with Crippen LogP contribution in [0.15, 0.2) is 59.5 Å². The van der Waals surface area contributed by atoms with Gasteiger partial charge in [0.25, 0.3) is 5.56 Å². The van der Waals surface area contributed by atoms with Gasteiger partial charge in [0.2, 0.25) is 5.95 Å². The Balaban J connectivity index is 1.44. The highest BCUT2D eigenvalue weighted by Crippen LogP contribution is 2.31. The minimum Gasteiger partial charge on any atom is -0.486 e. The minimum absolute atomic E-state index is 0.261. The molecular weight excluding hydrogens is 404 g/mol. The molecule has 8 heteroatoms. The number of aromatic nitrogens is 3. The lowest BCUT2D eigenvalue weighted by Crippen LogP contribution is -2.16. The summed E-state index contributed by atoms with van der Waals surface area (Å²) in [7, 11) is 0. The summed E-state index contributed by atoms with van der Waals surface area (Å²) in [6.07, 6.45) is 1.64. The van der Waals surface area contributed by atoms with E-state index in [2.05, 4.69) is 20.3 Å². The Morgan fingerprint density at radius 3 is 2.67 bits per heavy atom. The lowest BCUT2D eigenvalue weighted by atomic mass is 10.0. The number of pyridine rings is 1. The van der Waals surface area contributed by atoms with Gasteiger partial charge in [-0.25, -0.2) is 4.98 Å². The predicted octanol–water partition coefficient (Wildman–Crippen LogP) is 4.02. The lowest BCUT2D eigenvalue weighted by molar-refractivity contribution is 0.171. The Morgan fingerprint density at radius 2 is 1.83 bits per heavy atom. The van der Waals surface area contributed by atoms with Crippen LogP contribution >= 0.6 is 11.6 Å². The molecule has 7 nitrogen and oxygen atoms in total. The number of anilines is 1. The molecule has 0 radical (unpaired) electrons. The van der Waals surface area contributed by atoms with Crippen molar-refractivity contribution in [2.24, 2.45) is 0 Å². The summed E-state index contributed by atoms with van der Waals surface area (Å²) < 4.78 is 11.1. The molecule has 1 aliphatic rings. The van der Waals surface area contributed by atoms with Crippen molar-refractivity contribution in [3.8, 4) is 22.6 Å². The van der Waals surface area contributed by atoms with E-state index in [0.717, 1.165) is 28.2 Å². The Labute approximate surface area is 176 Å². The van der Waals surface area contributed by atoms with Crippen molar-refractivity contribution in [2.75, 3.05) is 18.5 Å². The monoisotopic (exact) mass is 420 g/mol. The van der Waals surface area contributed by atoms with Crippen LogP contribution in [0.1, 0.15) is 5.56 Å². The summed E-state index contributed by atoms with van der Waals surface area (Å²) in [6, 6.07) is 14.8. The molecule has 2 N–H and O–H groups in total. The zero-order valence-corrected chi connectivity index (χ0v) is 16.6. The molecule has 30 heavy (non-hydrogen) atoms. The molecule has 5 rings (SSSR count). The molecule has 3 heterocycles. The van der Waals surface area contributed by atoms with E-state index in [1.807, 2.05) is 30.3 Å². The summed E-state index contributed by atoms with van der Waals surface area (Å²) in [6.45, 7) is 1.55. The maximum atomic E-state index is 12.8. The minimum atomic E-state index is -0.261. The first-order valence-electron chi connectivity index (χ1n) is 9.45. The fraction of sp³-hybridized carbons (Fsp3) is 0.136. The molecule has 1 aliphatic heterocycles. The third-order valence-corrected chi connectivity index (χ3v) is 5.08. The van der Waals surface area contributed by atoms with Crippen molar-refractivity contribution in [2.45, 2.75) is 6.54 Å². The fourth-order valence-corrected chi connectivity index (χ4v) is 3.53. The van der Waals surface area contributed by atoms with E-state index in [1.54, 1.807) is 24.4 Å². The third-order valence-electron chi connectivity index (χ3n) is 4.83. The second kappa shape index (κ2) is 7.68. The Kier molecular flexibility index (Phi) is 4.72. The molecule has 0 atom stereocenters. The van der Waals surface area contributed by atoms with Gasteiger partial charge >= 0.3 is 0 Å². The number of fused-ring (bicyclic) bond motifs is 2. The van der Waals surface area contributed by atoms with Crippen LogP contribution in [0, 0.1) is 0 Å². The molecule has 150 valence electrons. The standard InChI is InChI=1S/C22H17ClN4O3/c23-15-4-2-14(3-5-15)16-7-8-24-20-19(16)21(28)27-22(26-20)25-12-13-1-6-17-18(11-13)30-10-9-29-17/h1-8,11H,9-10,12H2,(H2,24,25,26,27,28). The van der Waals surface area contributed by atoms with Crippen LogP contribution in [0.2, 0.25) is 5.02 Å². The van der Waals surface area contributed by atoms with Crippen LogP contribution in [0.3, 0.4) is 0 Å². The average Bonchev–Trinajstić information content (AvgIpc) is 2.77. The quantitative estimate of drug-likeness (QED) is 0.518. The lowest BCUT2D eigenvalue weighted by Gasteiger charge is -2.19. The molecule has 0 fully saturated rings. The van der Waals surface area contributed by atoms with Crippen LogP contribution < -0.4 is 20.3 Å².